The molecule has 0 aliphatic carbocycles. The molecule has 2 heterocycles. The van der Waals surface area contributed by atoms with Crippen molar-refractivity contribution >= 4 is 29.9 Å². The van der Waals surface area contributed by atoms with E-state index in [2.05, 4.69) is 32.7 Å². The normalized spacial score (nSPS) is 17.8. The predicted octanol–water partition coefficient (Wildman–Crippen LogP) is 3.40. The van der Waals surface area contributed by atoms with Crippen molar-refractivity contribution in [1.29, 1.82) is 0 Å². The molecule has 2 aliphatic heterocycles. The SMILES string of the molecule is CN=C(NCCCN1CCCCCC1)NCc1ccc2c(c1)OCCCO2.I. The molecule has 6 nitrogen and oxygen atoms in total. The zero-order valence-corrected chi connectivity index (χ0v) is 19.4. The molecule has 1 aromatic rings. The van der Waals surface area contributed by atoms with Gasteiger partial charge in [-0.25, -0.2) is 0 Å². The van der Waals surface area contributed by atoms with Gasteiger partial charge in [0.05, 0.1) is 13.2 Å². The van der Waals surface area contributed by atoms with Crippen molar-refractivity contribution < 1.29 is 9.47 Å². The van der Waals surface area contributed by atoms with Crippen molar-refractivity contribution in [1.82, 2.24) is 15.5 Å². The highest BCUT2D eigenvalue weighted by Crippen LogP contribution is 2.30. The minimum absolute atomic E-state index is 0. The second kappa shape index (κ2) is 13.1. The van der Waals surface area contributed by atoms with Gasteiger partial charge in [-0.15, -0.1) is 24.0 Å². The number of rotatable bonds is 6. The Morgan fingerprint density at radius 3 is 2.50 bits per heavy atom. The molecule has 1 fully saturated rings. The number of aliphatic imine (C=N–C) groups is 1. The monoisotopic (exact) mass is 502 g/mol. The Morgan fingerprint density at radius 1 is 1.00 bits per heavy atom. The molecule has 0 bridgehead atoms. The van der Waals surface area contributed by atoms with E-state index in [-0.39, 0.29) is 24.0 Å². The van der Waals surface area contributed by atoms with Gasteiger partial charge in [-0.2, -0.15) is 0 Å². The highest BCUT2D eigenvalue weighted by atomic mass is 127. The summed E-state index contributed by atoms with van der Waals surface area (Å²) in [6, 6.07) is 6.13. The van der Waals surface area contributed by atoms with E-state index in [1.165, 1.54) is 45.3 Å². The van der Waals surface area contributed by atoms with Crippen LogP contribution in [0, 0.1) is 0 Å². The molecule has 1 aromatic carbocycles. The van der Waals surface area contributed by atoms with Crippen LogP contribution in [0.2, 0.25) is 0 Å². The number of nitrogens with one attached hydrogen (secondary N) is 2. The molecule has 2 aliphatic rings. The molecule has 1 saturated heterocycles. The van der Waals surface area contributed by atoms with Crippen LogP contribution >= 0.6 is 24.0 Å². The standard InChI is InChI=1S/C21H34N4O2.HI/c1-22-21(23-10-6-13-25-11-4-2-3-5-12-25)24-17-18-8-9-19-20(16-18)27-15-7-14-26-19;/h8-9,16H,2-7,10-15,17H2,1H3,(H2,22,23,24);1H. The lowest BCUT2D eigenvalue weighted by atomic mass is 10.2. The maximum Gasteiger partial charge on any atom is 0.191 e. The Morgan fingerprint density at radius 2 is 1.75 bits per heavy atom. The summed E-state index contributed by atoms with van der Waals surface area (Å²) in [5.74, 6) is 2.53. The number of fused-ring (bicyclic) bond motifs is 1. The van der Waals surface area contributed by atoms with E-state index in [4.69, 9.17) is 9.47 Å². The maximum atomic E-state index is 5.76. The van der Waals surface area contributed by atoms with E-state index in [9.17, 15) is 0 Å². The first kappa shape index (κ1) is 23.1. The van der Waals surface area contributed by atoms with Crippen LogP contribution in [0.5, 0.6) is 11.5 Å². The number of guanidine groups is 1. The number of ether oxygens (including phenoxy) is 2. The highest BCUT2D eigenvalue weighted by Gasteiger charge is 2.11. The number of hydrogen-bond donors (Lipinski definition) is 2. The molecule has 28 heavy (non-hydrogen) atoms. The molecule has 0 amide bonds. The third-order valence-electron chi connectivity index (χ3n) is 5.14. The minimum Gasteiger partial charge on any atom is -0.490 e. The van der Waals surface area contributed by atoms with E-state index in [0.717, 1.165) is 49.0 Å². The average Bonchev–Trinajstić information content (AvgIpc) is 3.09. The van der Waals surface area contributed by atoms with Crippen LogP contribution in [0.4, 0.5) is 0 Å². The van der Waals surface area contributed by atoms with Gasteiger partial charge in [-0.1, -0.05) is 18.9 Å². The molecule has 7 heteroatoms. The molecule has 0 aromatic heterocycles. The lowest BCUT2D eigenvalue weighted by Gasteiger charge is -2.20. The van der Waals surface area contributed by atoms with Gasteiger partial charge in [0.1, 0.15) is 0 Å². The second-order valence-electron chi connectivity index (χ2n) is 7.29. The summed E-state index contributed by atoms with van der Waals surface area (Å²) in [7, 11) is 1.82. The third kappa shape index (κ3) is 7.66. The largest absolute Gasteiger partial charge is 0.490 e. The quantitative estimate of drug-likeness (QED) is 0.270. The Kier molecular flexibility index (Phi) is 10.8. The predicted molar refractivity (Wildman–Crippen MR) is 125 cm³/mol. The molecular formula is C21H35IN4O2. The lowest BCUT2D eigenvalue weighted by molar-refractivity contribution is 0.282. The van der Waals surface area contributed by atoms with Crippen LogP contribution in [0.3, 0.4) is 0 Å². The van der Waals surface area contributed by atoms with Crippen LogP contribution < -0.4 is 20.1 Å². The lowest BCUT2D eigenvalue weighted by Crippen LogP contribution is -2.38. The fraction of sp³-hybridized carbons (Fsp3) is 0.667. The van der Waals surface area contributed by atoms with E-state index in [1.807, 2.05) is 13.1 Å². The van der Waals surface area contributed by atoms with Gasteiger partial charge in [-0.3, -0.25) is 4.99 Å². The molecule has 0 spiro atoms. The first-order valence-electron chi connectivity index (χ1n) is 10.4. The highest BCUT2D eigenvalue weighted by molar-refractivity contribution is 14.0. The average molecular weight is 502 g/mol. The summed E-state index contributed by atoms with van der Waals surface area (Å²) >= 11 is 0. The summed E-state index contributed by atoms with van der Waals surface area (Å²) in [6.45, 7) is 6.78. The Labute approximate surface area is 186 Å². The van der Waals surface area contributed by atoms with Crippen molar-refractivity contribution in [2.75, 3.05) is 46.4 Å². The van der Waals surface area contributed by atoms with E-state index in [0.29, 0.717) is 13.2 Å². The van der Waals surface area contributed by atoms with Crippen molar-refractivity contribution in [2.24, 2.45) is 4.99 Å². The molecule has 0 unspecified atom stereocenters. The molecule has 3 rings (SSSR count). The van der Waals surface area contributed by atoms with Gasteiger partial charge < -0.3 is 25.0 Å². The van der Waals surface area contributed by atoms with Crippen LogP contribution in [-0.2, 0) is 6.54 Å². The molecule has 2 N–H and O–H groups in total. The Balaban J connectivity index is 0.00000280. The molecular weight excluding hydrogens is 467 g/mol. The number of nitrogens with zero attached hydrogens (tertiary/aromatic N) is 2. The Hall–Kier alpha value is -1.22. The van der Waals surface area contributed by atoms with Gasteiger partial charge in [0.25, 0.3) is 0 Å². The van der Waals surface area contributed by atoms with E-state index >= 15 is 0 Å². The third-order valence-corrected chi connectivity index (χ3v) is 5.14. The number of halogens is 1. The number of benzene rings is 1. The fourth-order valence-corrected chi connectivity index (χ4v) is 3.59. The fourth-order valence-electron chi connectivity index (χ4n) is 3.59. The van der Waals surface area contributed by atoms with Crippen molar-refractivity contribution in [3.05, 3.63) is 23.8 Å². The summed E-state index contributed by atoms with van der Waals surface area (Å²) in [4.78, 5) is 6.93. The van der Waals surface area contributed by atoms with E-state index in [1.54, 1.807) is 0 Å². The molecule has 0 radical (unpaired) electrons. The minimum atomic E-state index is 0. The zero-order chi connectivity index (χ0) is 18.7. The van der Waals surface area contributed by atoms with Crippen LogP contribution in [0.1, 0.15) is 44.1 Å². The van der Waals surface area contributed by atoms with Gasteiger partial charge >= 0.3 is 0 Å². The smallest absolute Gasteiger partial charge is 0.191 e. The molecule has 158 valence electrons. The first-order chi connectivity index (χ1) is 13.3. The maximum absolute atomic E-state index is 5.76. The summed E-state index contributed by atoms with van der Waals surface area (Å²) in [5, 5.41) is 6.81. The van der Waals surface area contributed by atoms with Gasteiger partial charge in [0, 0.05) is 26.6 Å². The summed E-state index contributed by atoms with van der Waals surface area (Å²) in [5.41, 5.74) is 1.16. The van der Waals surface area contributed by atoms with Crippen molar-refractivity contribution in [3.63, 3.8) is 0 Å². The van der Waals surface area contributed by atoms with Crippen molar-refractivity contribution in [2.45, 2.75) is 45.1 Å². The number of likely N-dealkylation sites (tertiary alicyclic amines) is 1. The Bertz CT molecular complexity index is 604. The van der Waals surface area contributed by atoms with Crippen molar-refractivity contribution in [3.8, 4) is 11.5 Å². The molecule has 0 atom stereocenters. The first-order valence-corrected chi connectivity index (χ1v) is 10.4. The molecule has 0 saturated carbocycles. The number of hydrogen-bond acceptors (Lipinski definition) is 4. The summed E-state index contributed by atoms with van der Waals surface area (Å²) < 4.78 is 11.5. The van der Waals surface area contributed by atoms with Gasteiger partial charge in [-0.05, 0) is 56.6 Å². The topological polar surface area (TPSA) is 58.1 Å². The van der Waals surface area contributed by atoms with E-state index < -0.39 is 0 Å². The van der Waals surface area contributed by atoms with Gasteiger partial charge in [0.15, 0.2) is 17.5 Å². The van der Waals surface area contributed by atoms with Crippen LogP contribution in [-0.4, -0.2) is 57.3 Å². The van der Waals surface area contributed by atoms with Crippen LogP contribution in [0.15, 0.2) is 23.2 Å². The van der Waals surface area contributed by atoms with Crippen LogP contribution in [0.25, 0.3) is 0 Å². The zero-order valence-electron chi connectivity index (χ0n) is 17.0. The summed E-state index contributed by atoms with van der Waals surface area (Å²) in [6.07, 6.45) is 7.57. The second-order valence-corrected chi connectivity index (χ2v) is 7.29. The van der Waals surface area contributed by atoms with Gasteiger partial charge in [0.2, 0.25) is 0 Å².